The molecule has 0 aliphatic rings. The van der Waals surface area contributed by atoms with Gasteiger partial charge in [0.15, 0.2) is 17.7 Å². The van der Waals surface area contributed by atoms with E-state index in [-0.39, 0.29) is 11.5 Å². The highest BCUT2D eigenvalue weighted by Gasteiger charge is 2.19. The number of halogens is 2. The molecule has 0 bridgehead atoms. The van der Waals surface area contributed by atoms with Crippen molar-refractivity contribution < 1.29 is 18.3 Å². The molecule has 2 rings (SSSR count). The van der Waals surface area contributed by atoms with E-state index in [0.717, 1.165) is 17.2 Å². The maximum atomic E-state index is 13.5. The normalized spacial score (nSPS) is 12.0. The molecule has 2 aromatic rings. The third-order valence-electron chi connectivity index (χ3n) is 3.38. The van der Waals surface area contributed by atoms with Gasteiger partial charge in [0.1, 0.15) is 0 Å². The van der Waals surface area contributed by atoms with E-state index in [4.69, 9.17) is 4.74 Å². The SMILES string of the molecule is Cc1ccc(C(=O)C(C)Oc2cccc(F)c2F)cc1C. The molecule has 0 N–H and O–H groups in total. The van der Waals surface area contributed by atoms with Crippen molar-refractivity contribution in [2.45, 2.75) is 26.9 Å². The van der Waals surface area contributed by atoms with Gasteiger partial charge in [0.05, 0.1) is 0 Å². The Balaban J connectivity index is 2.19. The molecule has 0 aliphatic carbocycles. The lowest BCUT2D eigenvalue weighted by atomic mass is 10.0. The Bertz CT molecular complexity index is 680. The van der Waals surface area contributed by atoms with Crippen LogP contribution in [0.1, 0.15) is 28.4 Å². The molecule has 110 valence electrons. The Morgan fingerprint density at radius 1 is 1.10 bits per heavy atom. The zero-order chi connectivity index (χ0) is 15.6. The standard InChI is InChI=1S/C17H16F2O2/c1-10-7-8-13(9-11(10)2)17(20)12(3)21-15-6-4-5-14(18)16(15)19/h4-9,12H,1-3H3. The first-order valence-corrected chi connectivity index (χ1v) is 6.62. The molecule has 1 unspecified atom stereocenters. The number of hydrogen-bond donors (Lipinski definition) is 0. The molecule has 0 aliphatic heterocycles. The summed E-state index contributed by atoms with van der Waals surface area (Å²) in [4.78, 5) is 12.3. The Kier molecular flexibility index (Phi) is 4.36. The number of rotatable bonds is 4. The summed E-state index contributed by atoms with van der Waals surface area (Å²) in [6.07, 6.45) is -0.900. The highest BCUT2D eigenvalue weighted by atomic mass is 19.2. The van der Waals surface area contributed by atoms with Gasteiger partial charge in [-0.05, 0) is 50.1 Å². The van der Waals surface area contributed by atoms with E-state index in [2.05, 4.69) is 0 Å². The van der Waals surface area contributed by atoms with Gasteiger partial charge in [-0.25, -0.2) is 4.39 Å². The van der Waals surface area contributed by atoms with Gasteiger partial charge < -0.3 is 4.74 Å². The highest BCUT2D eigenvalue weighted by Crippen LogP contribution is 2.21. The summed E-state index contributed by atoms with van der Waals surface area (Å²) >= 11 is 0. The smallest absolute Gasteiger partial charge is 0.203 e. The Hall–Kier alpha value is -2.23. The minimum Gasteiger partial charge on any atom is -0.479 e. The number of ether oxygens (including phenoxy) is 1. The molecule has 2 nitrogen and oxygen atoms in total. The van der Waals surface area contributed by atoms with Crippen molar-refractivity contribution in [3.05, 3.63) is 64.7 Å². The number of benzene rings is 2. The quantitative estimate of drug-likeness (QED) is 0.788. The lowest BCUT2D eigenvalue weighted by Gasteiger charge is -2.15. The van der Waals surface area contributed by atoms with Gasteiger partial charge in [-0.1, -0.05) is 18.2 Å². The van der Waals surface area contributed by atoms with Gasteiger partial charge in [0.2, 0.25) is 11.6 Å². The summed E-state index contributed by atoms with van der Waals surface area (Å²) in [6.45, 7) is 5.37. The van der Waals surface area contributed by atoms with Gasteiger partial charge in [-0.3, -0.25) is 4.79 Å². The van der Waals surface area contributed by atoms with Crippen LogP contribution in [-0.4, -0.2) is 11.9 Å². The topological polar surface area (TPSA) is 26.3 Å². The molecule has 0 spiro atoms. The van der Waals surface area contributed by atoms with Crippen molar-refractivity contribution in [3.63, 3.8) is 0 Å². The molecule has 21 heavy (non-hydrogen) atoms. The molecular formula is C17H16F2O2. The van der Waals surface area contributed by atoms with Crippen LogP contribution in [0, 0.1) is 25.5 Å². The number of Topliss-reactive ketones (excluding diaryl/α,β-unsaturated/α-hetero) is 1. The number of ketones is 1. The van der Waals surface area contributed by atoms with Crippen LogP contribution < -0.4 is 4.74 Å². The average molecular weight is 290 g/mol. The molecule has 0 saturated carbocycles. The van der Waals surface area contributed by atoms with E-state index < -0.39 is 17.7 Å². The van der Waals surface area contributed by atoms with Gasteiger partial charge in [-0.2, -0.15) is 4.39 Å². The zero-order valence-electron chi connectivity index (χ0n) is 12.1. The fourth-order valence-electron chi connectivity index (χ4n) is 1.95. The number of aryl methyl sites for hydroxylation is 2. The summed E-state index contributed by atoms with van der Waals surface area (Å²) < 4.78 is 31.9. The average Bonchev–Trinajstić information content (AvgIpc) is 2.46. The van der Waals surface area contributed by atoms with Crippen molar-refractivity contribution in [1.82, 2.24) is 0 Å². The Morgan fingerprint density at radius 3 is 2.48 bits per heavy atom. The van der Waals surface area contributed by atoms with Crippen molar-refractivity contribution >= 4 is 5.78 Å². The number of carbonyl (C=O) groups is 1. The molecule has 2 aromatic carbocycles. The molecule has 0 amide bonds. The molecule has 1 atom stereocenters. The van der Waals surface area contributed by atoms with E-state index in [9.17, 15) is 13.6 Å². The number of hydrogen-bond acceptors (Lipinski definition) is 2. The fraction of sp³-hybridized carbons (Fsp3) is 0.235. The van der Waals surface area contributed by atoms with Crippen LogP contribution in [0.2, 0.25) is 0 Å². The van der Waals surface area contributed by atoms with Gasteiger partial charge in [-0.15, -0.1) is 0 Å². The lowest BCUT2D eigenvalue weighted by molar-refractivity contribution is 0.0811. The molecular weight excluding hydrogens is 274 g/mol. The first kappa shape index (κ1) is 15.2. The molecule has 0 saturated heterocycles. The molecule has 4 heteroatoms. The lowest BCUT2D eigenvalue weighted by Crippen LogP contribution is -2.24. The van der Waals surface area contributed by atoms with Gasteiger partial charge in [0, 0.05) is 5.56 Å². The highest BCUT2D eigenvalue weighted by molar-refractivity contribution is 5.99. The third-order valence-corrected chi connectivity index (χ3v) is 3.38. The zero-order valence-corrected chi connectivity index (χ0v) is 12.1. The fourth-order valence-corrected chi connectivity index (χ4v) is 1.95. The van der Waals surface area contributed by atoms with Crippen LogP contribution in [-0.2, 0) is 0 Å². The van der Waals surface area contributed by atoms with Crippen LogP contribution in [0.5, 0.6) is 5.75 Å². The third kappa shape index (κ3) is 3.27. The predicted molar refractivity (Wildman–Crippen MR) is 76.7 cm³/mol. The Labute approximate surface area is 122 Å². The maximum Gasteiger partial charge on any atom is 0.203 e. The summed E-state index contributed by atoms with van der Waals surface area (Å²) in [5, 5.41) is 0. The van der Waals surface area contributed by atoms with Gasteiger partial charge in [0.25, 0.3) is 0 Å². The van der Waals surface area contributed by atoms with Crippen molar-refractivity contribution in [1.29, 1.82) is 0 Å². The van der Waals surface area contributed by atoms with E-state index >= 15 is 0 Å². The van der Waals surface area contributed by atoms with E-state index in [1.165, 1.54) is 19.1 Å². The summed E-state index contributed by atoms with van der Waals surface area (Å²) in [6, 6.07) is 8.94. The monoisotopic (exact) mass is 290 g/mol. The minimum absolute atomic E-state index is 0.264. The summed E-state index contributed by atoms with van der Waals surface area (Å²) in [7, 11) is 0. The maximum absolute atomic E-state index is 13.5. The van der Waals surface area contributed by atoms with E-state index in [1.54, 1.807) is 12.1 Å². The van der Waals surface area contributed by atoms with E-state index in [1.807, 2.05) is 19.9 Å². The second-order valence-electron chi connectivity index (χ2n) is 4.98. The van der Waals surface area contributed by atoms with Crippen LogP contribution in [0.25, 0.3) is 0 Å². The first-order valence-electron chi connectivity index (χ1n) is 6.62. The Morgan fingerprint density at radius 2 is 1.81 bits per heavy atom. The predicted octanol–water partition coefficient (Wildman–Crippen LogP) is 4.23. The number of carbonyl (C=O) groups excluding carboxylic acids is 1. The molecule has 0 radical (unpaired) electrons. The largest absolute Gasteiger partial charge is 0.479 e. The van der Waals surface area contributed by atoms with Crippen LogP contribution in [0.4, 0.5) is 8.78 Å². The minimum atomic E-state index is -1.09. The van der Waals surface area contributed by atoms with E-state index in [0.29, 0.717) is 5.56 Å². The second-order valence-corrected chi connectivity index (χ2v) is 4.98. The van der Waals surface area contributed by atoms with Crippen LogP contribution in [0.3, 0.4) is 0 Å². The van der Waals surface area contributed by atoms with Gasteiger partial charge >= 0.3 is 0 Å². The van der Waals surface area contributed by atoms with Crippen molar-refractivity contribution in [3.8, 4) is 5.75 Å². The van der Waals surface area contributed by atoms with Crippen LogP contribution >= 0.6 is 0 Å². The second kappa shape index (κ2) is 6.04. The summed E-state index contributed by atoms with van der Waals surface area (Å²) in [5.41, 5.74) is 2.56. The van der Waals surface area contributed by atoms with Crippen LogP contribution in [0.15, 0.2) is 36.4 Å². The first-order chi connectivity index (χ1) is 9.90. The van der Waals surface area contributed by atoms with Crippen molar-refractivity contribution in [2.75, 3.05) is 0 Å². The molecule has 0 fully saturated rings. The summed E-state index contributed by atoms with van der Waals surface area (Å²) in [5.74, 6) is -2.63. The molecule has 0 heterocycles. The van der Waals surface area contributed by atoms with Crippen molar-refractivity contribution in [2.24, 2.45) is 0 Å². The molecule has 0 aromatic heterocycles.